The molecule has 0 aliphatic heterocycles. The summed E-state index contributed by atoms with van der Waals surface area (Å²) in [5, 5.41) is 0.783. The molecule has 0 atom stereocenters. The third-order valence-electron chi connectivity index (χ3n) is 3.12. The fourth-order valence-electron chi connectivity index (χ4n) is 2.00. The first-order valence-electron chi connectivity index (χ1n) is 7.49. The van der Waals surface area contributed by atoms with Gasteiger partial charge in [0.25, 0.3) is 0 Å². The highest BCUT2D eigenvalue weighted by Gasteiger charge is 2.10. The van der Waals surface area contributed by atoms with E-state index in [9.17, 15) is 4.79 Å². The molecule has 7 heteroatoms. The van der Waals surface area contributed by atoms with Crippen molar-refractivity contribution in [3.63, 3.8) is 0 Å². The summed E-state index contributed by atoms with van der Waals surface area (Å²) in [6.45, 7) is 2.44. The zero-order valence-corrected chi connectivity index (χ0v) is 15.3. The second kappa shape index (κ2) is 9.30. The molecule has 1 heterocycles. The second-order valence-electron chi connectivity index (χ2n) is 4.90. The maximum absolute atomic E-state index is 11.8. The van der Waals surface area contributed by atoms with Gasteiger partial charge in [-0.05, 0) is 36.8 Å². The second-order valence-corrected chi connectivity index (χ2v) is 5.69. The molecule has 0 unspecified atom stereocenters. The van der Waals surface area contributed by atoms with Gasteiger partial charge in [-0.2, -0.15) is 0 Å². The molecule has 0 aliphatic rings. The molecule has 0 saturated carbocycles. The number of rotatable bonds is 7. The van der Waals surface area contributed by atoms with Crippen LogP contribution in [0.2, 0.25) is 10.2 Å². The van der Waals surface area contributed by atoms with Crippen LogP contribution < -0.4 is 9.47 Å². The minimum atomic E-state index is -0.486. The fourth-order valence-corrected chi connectivity index (χ4v) is 2.41. The molecule has 0 aliphatic carbocycles. The fraction of sp³-hybridized carbons (Fsp3) is 0.222. The Balaban J connectivity index is 2.02. The summed E-state index contributed by atoms with van der Waals surface area (Å²) in [5.74, 6) is 0.482. The van der Waals surface area contributed by atoms with Gasteiger partial charge >= 0.3 is 5.97 Å². The molecule has 0 spiro atoms. The summed E-state index contributed by atoms with van der Waals surface area (Å²) in [7, 11) is 1.52. The van der Waals surface area contributed by atoms with E-state index in [-0.39, 0.29) is 6.61 Å². The number of aromatic nitrogens is 1. The number of carbonyl (C=O) groups excluding carboxylic acids is 1. The van der Waals surface area contributed by atoms with Crippen molar-refractivity contribution >= 4 is 35.2 Å². The van der Waals surface area contributed by atoms with Crippen LogP contribution >= 0.6 is 23.2 Å². The molecule has 0 radical (unpaired) electrons. The van der Waals surface area contributed by atoms with E-state index in [0.717, 1.165) is 5.56 Å². The normalized spacial score (nSPS) is 10.7. The SMILES string of the molecule is CCOc1cc(C=CC(=O)OCc2ccc(Cl)nc2)cc(Cl)c1OC. The van der Waals surface area contributed by atoms with Crippen molar-refractivity contribution in [2.45, 2.75) is 13.5 Å². The van der Waals surface area contributed by atoms with Crippen LogP contribution in [-0.4, -0.2) is 24.7 Å². The molecule has 1 aromatic carbocycles. The van der Waals surface area contributed by atoms with Gasteiger partial charge < -0.3 is 14.2 Å². The van der Waals surface area contributed by atoms with Crippen LogP contribution in [0.5, 0.6) is 11.5 Å². The summed E-state index contributed by atoms with van der Waals surface area (Å²) in [4.78, 5) is 15.8. The Bertz CT molecular complexity index is 760. The van der Waals surface area contributed by atoms with Gasteiger partial charge in [-0.15, -0.1) is 0 Å². The highest BCUT2D eigenvalue weighted by molar-refractivity contribution is 6.32. The number of methoxy groups -OCH3 is 1. The molecule has 0 amide bonds. The van der Waals surface area contributed by atoms with Gasteiger partial charge in [0.15, 0.2) is 11.5 Å². The summed E-state index contributed by atoms with van der Waals surface area (Å²) in [5.41, 5.74) is 1.44. The first-order valence-corrected chi connectivity index (χ1v) is 8.24. The van der Waals surface area contributed by atoms with Gasteiger partial charge in [0.05, 0.1) is 18.7 Å². The van der Waals surface area contributed by atoms with Crippen molar-refractivity contribution in [2.75, 3.05) is 13.7 Å². The number of carbonyl (C=O) groups is 1. The molecule has 0 saturated heterocycles. The largest absolute Gasteiger partial charge is 0.491 e. The van der Waals surface area contributed by atoms with E-state index in [1.54, 1.807) is 36.5 Å². The van der Waals surface area contributed by atoms with E-state index < -0.39 is 5.97 Å². The smallest absolute Gasteiger partial charge is 0.331 e. The van der Waals surface area contributed by atoms with Crippen LogP contribution in [0, 0.1) is 0 Å². The molecule has 2 rings (SSSR count). The van der Waals surface area contributed by atoms with Crippen LogP contribution in [0.3, 0.4) is 0 Å². The molecule has 132 valence electrons. The minimum Gasteiger partial charge on any atom is -0.491 e. The van der Waals surface area contributed by atoms with E-state index in [1.165, 1.54) is 13.2 Å². The van der Waals surface area contributed by atoms with Gasteiger partial charge in [0.1, 0.15) is 11.8 Å². The Labute approximate surface area is 156 Å². The number of hydrogen-bond donors (Lipinski definition) is 0. The molecule has 0 bridgehead atoms. The first kappa shape index (κ1) is 19.1. The number of ether oxygens (including phenoxy) is 3. The Hall–Kier alpha value is -2.24. The van der Waals surface area contributed by atoms with E-state index in [4.69, 9.17) is 37.4 Å². The number of hydrogen-bond acceptors (Lipinski definition) is 5. The van der Waals surface area contributed by atoms with Gasteiger partial charge in [-0.3, -0.25) is 0 Å². The zero-order chi connectivity index (χ0) is 18.2. The predicted octanol–water partition coefficient (Wildman–Crippen LogP) is 4.55. The van der Waals surface area contributed by atoms with Crippen LogP contribution in [0.15, 0.2) is 36.5 Å². The van der Waals surface area contributed by atoms with Gasteiger partial charge in [-0.25, -0.2) is 9.78 Å². The highest BCUT2D eigenvalue weighted by Crippen LogP contribution is 2.36. The van der Waals surface area contributed by atoms with Crippen molar-refractivity contribution in [2.24, 2.45) is 0 Å². The number of benzene rings is 1. The minimum absolute atomic E-state index is 0.112. The Morgan fingerprint density at radius 2 is 2.08 bits per heavy atom. The van der Waals surface area contributed by atoms with Gasteiger partial charge in [0, 0.05) is 17.8 Å². The average molecular weight is 382 g/mol. The summed E-state index contributed by atoms with van der Waals surface area (Å²) >= 11 is 11.9. The number of nitrogens with zero attached hydrogens (tertiary/aromatic N) is 1. The topological polar surface area (TPSA) is 57.7 Å². The molecule has 25 heavy (non-hydrogen) atoms. The monoisotopic (exact) mass is 381 g/mol. The summed E-state index contributed by atoms with van der Waals surface area (Å²) in [6.07, 6.45) is 4.46. The standard InChI is InChI=1S/C18H17Cl2NO4/c1-3-24-15-9-12(8-14(19)18(15)23-2)5-7-17(22)25-11-13-4-6-16(20)21-10-13/h4-10H,3,11H2,1-2H3. The van der Waals surface area contributed by atoms with Crippen LogP contribution in [0.4, 0.5) is 0 Å². The highest BCUT2D eigenvalue weighted by atomic mass is 35.5. The third kappa shape index (κ3) is 5.66. The molecule has 0 N–H and O–H groups in total. The maximum atomic E-state index is 11.8. The van der Waals surface area contributed by atoms with Crippen molar-refractivity contribution in [3.8, 4) is 11.5 Å². The lowest BCUT2D eigenvalue weighted by molar-refractivity contribution is -0.138. The summed E-state index contributed by atoms with van der Waals surface area (Å²) in [6, 6.07) is 6.79. The molecule has 1 aromatic heterocycles. The first-order chi connectivity index (χ1) is 12.0. The average Bonchev–Trinajstić information content (AvgIpc) is 2.59. The molecular formula is C18H17Cl2NO4. The molecular weight excluding hydrogens is 365 g/mol. The number of esters is 1. The van der Waals surface area contributed by atoms with E-state index in [1.807, 2.05) is 6.92 Å². The lowest BCUT2D eigenvalue weighted by atomic mass is 10.2. The number of halogens is 2. The Morgan fingerprint density at radius 3 is 2.72 bits per heavy atom. The number of pyridine rings is 1. The van der Waals surface area contributed by atoms with Crippen molar-refractivity contribution < 1.29 is 19.0 Å². The molecule has 2 aromatic rings. The van der Waals surface area contributed by atoms with E-state index in [2.05, 4.69) is 4.98 Å². The summed E-state index contributed by atoms with van der Waals surface area (Å²) < 4.78 is 15.9. The van der Waals surface area contributed by atoms with E-state index in [0.29, 0.717) is 33.8 Å². The van der Waals surface area contributed by atoms with Crippen LogP contribution in [0.25, 0.3) is 6.08 Å². The third-order valence-corrected chi connectivity index (χ3v) is 3.62. The molecule has 0 fully saturated rings. The zero-order valence-electron chi connectivity index (χ0n) is 13.8. The van der Waals surface area contributed by atoms with Gasteiger partial charge in [-0.1, -0.05) is 29.3 Å². The predicted molar refractivity (Wildman–Crippen MR) is 97.3 cm³/mol. The lowest BCUT2D eigenvalue weighted by Crippen LogP contribution is -2.01. The van der Waals surface area contributed by atoms with Crippen LogP contribution in [0.1, 0.15) is 18.1 Å². The Kier molecular flexibility index (Phi) is 7.10. The van der Waals surface area contributed by atoms with Crippen molar-refractivity contribution in [3.05, 3.63) is 57.8 Å². The lowest BCUT2D eigenvalue weighted by Gasteiger charge is -2.11. The van der Waals surface area contributed by atoms with Crippen molar-refractivity contribution in [1.29, 1.82) is 0 Å². The maximum Gasteiger partial charge on any atom is 0.331 e. The van der Waals surface area contributed by atoms with Gasteiger partial charge in [0.2, 0.25) is 0 Å². The Morgan fingerprint density at radius 1 is 1.28 bits per heavy atom. The van der Waals surface area contributed by atoms with Crippen molar-refractivity contribution in [1.82, 2.24) is 4.98 Å². The quantitative estimate of drug-likeness (QED) is 0.399. The van der Waals surface area contributed by atoms with Crippen LogP contribution in [-0.2, 0) is 16.1 Å². The molecule has 5 nitrogen and oxygen atoms in total. The van der Waals surface area contributed by atoms with E-state index >= 15 is 0 Å².